The maximum absolute atomic E-state index is 5.47. The van der Waals surface area contributed by atoms with E-state index in [0.717, 1.165) is 18.8 Å². The highest BCUT2D eigenvalue weighted by atomic mass is 16.5. The molecular weight excluding hydrogens is 238 g/mol. The molecule has 0 aliphatic carbocycles. The van der Waals surface area contributed by atoms with Crippen molar-refractivity contribution < 1.29 is 4.74 Å². The van der Waals surface area contributed by atoms with Gasteiger partial charge in [0.2, 0.25) is 0 Å². The van der Waals surface area contributed by atoms with E-state index < -0.39 is 0 Å². The van der Waals surface area contributed by atoms with Gasteiger partial charge in [-0.2, -0.15) is 5.10 Å². The van der Waals surface area contributed by atoms with Gasteiger partial charge >= 0.3 is 0 Å². The Balaban J connectivity index is 2.09. The molecule has 102 valence electrons. The second kappa shape index (κ2) is 6.95. The number of likely N-dealkylation sites (N-methyl/N-ethyl adjacent to an activating group) is 1. The number of ether oxygens (including phenoxy) is 1. The van der Waals surface area contributed by atoms with Crippen LogP contribution in [0.25, 0.3) is 0 Å². The Kier molecular flexibility index (Phi) is 4.98. The minimum atomic E-state index is 0.264. The molecule has 4 heteroatoms. The van der Waals surface area contributed by atoms with Crippen molar-refractivity contribution in [1.82, 2.24) is 15.1 Å². The van der Waals surface area contributed by atoms with Crippen molar-refractivity contribution in [2.75, 3.05) is 13.2 Å². The molecule has 0 radical (unpaired) electrons. The number of rotatable bonds is 7. The van der Waals surface area contributed by atoms with Gasteiger partial charge in [0.15, 0.2) is 0 Å². The van der Waals surface area contributed by atoms with Gasteiger partial charge in [-0.1, -0.05) is 19.1 Å². The zero-order valence-corrected chi connectivity index (χ0v) is 11.5. The molecule has 0 saturated heterocycles. The fourth-order valence-corrected chi connectivity index (χ4v) is 2.09. The van der Waals surface area contributed by atoms with E-state index in [1.807, 2.05) is 36.0 Å². The number of hydrogen-bond donors (Lipinski definition) is 1. The Morgan fingerprint density at radius 2 is 2.05 bits per heavy atom. The standard InChI is InChI=1S/C15H21N3O/c1-3-16-15(12-18-11-5-10-17-18)13-6-8-14(9-7-13)19-4-2/h5-11,15-16H,3-4,12H2,1-2H3. The summed E-state index contributed by atoms with van der Waals surface area (Å²) in [4.78, 5) is 0. The van der Waals surface area contributed by atoms with E-state index in [1.165, 1.54) is 5.56 Å². The fourth-order valence-electron chi connectivity index (χ4n) is 2.09. The molecule has 1 N–H and O–H groups in total. The van der Waals surface area contributed by atoms with E-state index >= 15 is 0 Å². The highest BCUT2D eigenvalue weighted by Gasteiger charge is 2.11. The summed E-state index contributed by atoms with van der Waals surface area (Å²) in [7, 11) is 0. The first kappa shape index (κ1) is 13.6. The molecule has 0 aliphatic heterocycles. The number of benzene rings is 1. The summed E-state index contributed by atoms with van der Waals surface area (Å²) in [5, 5.41) is 7.75. The number of hydrogen-bond acceptors (Lipinski definition) is 3. The first-order chi connectivity index (χ1) is 9.33. The zero-order chi connectivity index (χ0) is 13.5. The maximum Gasteiger partial charge on any atom is 0.119 e. The Hall–Kier alpha value is -1.81. The van der Waals surface area contributed by atoms with Crippen molar-refractivity contribution in [3.63, 3.8) is 0 Å². The molecule has 1 atom stereocenters. The third kappa shape index (κ3) is 3.83. The summed E-state index contributed by atoms with van der Waals surface area (Å²) < 4.78 is 7.42. The summed E-state index contributed by atoms with van der Waals surface area (Å²) >= 11 is 0. The second-order valence-electron chi connectivity index (χ2n) is 4.34. The Bertz CT molecular complexity index is 465. The molecule has 0 amide bonds. The topological polar surface area (TPSA) is 39.1 Å². The predicted octanol–water partition coefficient (Wildman–Crippen LogP) is 2.63. The average molecular weight is 259 g/mol. The quantitative estimate of drug-likeness (QED) is 0.831. The van der Waals surface area contributed by atoms with Gasteiger partial charge in [-0.3, -0.25) is 4.68 Å². The van der Waals surface area contributed by atoms with Crippen molar-refractivity contribution >= 4 is 0 Å². The first-order valence-electron chi connectivity index (χ1n) is 6.77. The SMILES string of the molecule is CCNC(Cn1cccn1)c1ccc(OCC)cc1. The minimum absolute atomic E-state index is 0.264. The van der Waals surface area contributed by atoms with Crippen LogP contribution in [-0.2, 0) is 6.54 Å². The van der Waals surface area contributed by atoms with Gasteiger partial charge in [-0.05, 0) is 37.2 Å². The molecule has 4 nitrogen and oxygen atoms in total. The molecule has 1 unspecified atom stereocenters. The summed E-state index contributed by atoms with van der Waals surface area (Å²) in [6, 6.07) is 10.5. The minimum Gasteiger partial charge on any atom is -0.494 e. The molecule has 0 bridgehead atoms. The van der Waals surface area contributed by atoms with E-state index in [9.17, 15) is 0 Å². The van der Waals surface area contributed by atoms with Crippen LogP contribution in [0, 0.1) is 0 Å². The van der Waals surface area contributed by atoms with Gasteiger partial charge in [0, 0.05) is 12.4 Å². The number of aromatic nitrogens is 2. The monoisotopic (exact) mass is 259 g/mol. The van der Waals surface area contributed by atoms with Gasteiger partial charge in [0.25, 0.3) is 0 Å². The highest BCUT2D eigenvalue weighted by molar-refractivity contribution is 5.29. The first-order valence-corrected chi connectivity index (χ1v) is 6.77. The second-order valence-corrected chi connectivity index (χ2v) is 4.34. The van der Waals surface area contributed by atoms with Crippen LogP contribution in [0.3, 0.4) is 0 Å². The predicted molar refractivity (Wildman–Crippen MR) is 76.3 cm³/mol. The molecule has 0 fully saturated rings. The van der Waals surface area contributed by atoms with E-state index in [4.69, 9.17) is 4.74 Å². The lowest BCUT2D eigenvalue weighted by Gasteiger charge is -2.18. The molecule has 0 saturated carbocycles. The van der Waals surface area contributed by atoms with E-state index in [-0.39, 0.29) is 6.04 Å². The molecule has 1 heterocycles. The molecular formula is C15H21N3O. The molecule has 19 heavy (non-hydrogen) atoms. The summed E-state index contributed by atoms with van der Waals surface area (Å²) in [6.07, 6.45) is 3.79. The van der Waals surface area contributed by atoms with Crippen LogP contribution in [0.5, 0.6) is 5.75 Å². The van der Waals surface area contributed by atoms with Crippen LogP contribution < -0.4 is 10.1 Å². The van der Waals surface area contributed by atoms with E-state index in [0.29, 0.717) is 6.61 Å². The van der Waals surface area contributed by atoms with Crippen LogP contribution in [-0.4, -0.2) is 22.9 Å². The lowest BCUT2D eigenvalue weighted by molar-refractivity contribution is 0.340. The molecule has 2 aromatic rings. The number of nitrogens with one attached hydrogen (secondary N) is 1. The normalized spacial score (nSPS) is 12.3. The Morgan fingerprint density at radius 1 is 1.26 bits per heavy atom. The molecule has 2 rings (SSSR count). The molecule has 0 spiro atoms. The van der Waals surface area contributed by atoms with Crippen LogP contribution in [0.15, 0.2) is 42.7 Å². The lowest BCUT2D eigenvalue weighted by Crippen LogP contribution is -2.25. The van der Waals surface area contributed by atoms with Crippen molar-refractivity contribution in [2.24, 2.45) is 0 Å². The highest BCUT2D eigenvalue weighted by Crippen LogP contribution is 2.19. The summed E-state index contributed by atoms with van der Waals surface area (Å²) in [6.45, 7) is 6.56. The third-order valence-corrected chi connectivity index (χ3v) is 2.97. The lowest BCUT2D eigenvalue weighted by atomic mass is 10.1. The van der Waals surface area contributed by atoms with Crippen LogP contribution in [0.4, 0.5) is 0 Å². The molecule has 1 aromatic heterocycles. The Labute approximate surface area is 114 Å². The molecule has 1 aromatic carbocycles. The van der Waals surface area contributed by atoms with E-state index in [1.54, 1.807) is 6.20 Å². The summed E-state index contributed by atoms with van der Waals surface area (Å²) in [5.74, 6) is 0.917. The largest absolute Gasteiger partial charge is 0.494 e. The number of nitrogens with zero attached hydrogens (tertiary/aromatic N) is 2. The zero-order valence-electron chi connectivity index (χ0n) is 11.5. The van der Waals surface area contributed by atoms with Crippen molar-refractivity contribution in [3.8, 4) is 5.75 Å². The van der Waals surface area contributed by atoms with Crippen molar-refractivity contribution in [2.45, 2.75) is 26.4 Å². The smallest absolute Gasteiger partial charge is 0.119 e. The fraction of sp³-hybridized carbons (Fsp3) is 0.400. The summed E-state index contributed by atoms with van der Waals surface area (Å²) in [5.41, 5.74) is 1.25. The molecule has 0 aliphatic rings. The van der Waals surface area contributed by atoms with Crippen LogP contribution in [0.1, 0.15) is 25.5 Å². The van der Waals surface area contributed by atoms with E-state index in [2.05, 4.69) is 29.5 Å². The maximum atomic E-state index is 5.47. The van der Waals surface area contributed by atoms with Gasteiger partial charge in [-0.25, -0.2) is 0 Å². The van der Waals surface area contributed by atoms with Crippen LogP contribution >= 0.6 is 0 Å². The van der Waals surface area contributed by atoms with Crippen molar-refractivity contribution in [3.05, 3.63) is 48.3 Å². The van der Waals surface area contributed by atoms with Crippen LogP contribution in [0.2, 0.25) is 0 Å². The van der Waals surface area contributed by atoms with Gasteiger partial charge in [-0.15, -0.1) is 0 Å². The van der Waals surface area contributed by atoms with Gasteiger partial charge in [0.1, 0.15) is 5.75 Å². The third-order valence-electron chi connectivity index (χ3n) is 2.97. The van der Waals surface area contributed by atoms with Gasteiger partial charge < -0.3 is 10.1 Å². The Morgan fingerprint density at radius 3 is 2.63 bits per heavy atom. The average Bonchev–Trinajstić information content (AvgIpc) is 2.93. The van der Waals surface area contributed by atoms with Gasteiger partial charge in [0.05, 0.1) is 19.2 Å². The van der Waals surface area contributed by atoms with Crippen molar-refractivity contribution in [1.29, 1.82) is 0 Å².